The topological polar surface area (TPSA) is 32.3 Å². The van der Waals surface area contributed by atoms with E-state index >= 15 is 0 Å². The Labute approximate surface area is 68.4 Å². The highest BCUT2D eigenvalue weighted by Gasteiger charge is 2.20. The highest BCUT2D eigenvalue weighted by atomic mass is 35.5. The molecule has 1 aliphatic rings. The molecule has 1 atom stereocenters. The van der Waals surface area contributed by atoms with Crippen molar-refractivity contribution in [2.45, 2.75) is 31.8 Å². The van der Waals surface area contributed by atoms with Crippen LogP contribution in [-0.4, -0.2) is 23.8 Å². The molecular weight excluding hydrogens is 150 g/mol. The van der Waals surface area contributed by atoms with Crippen LogP contribution in [-0.2, 0) is 0 Å². The van der Waals surface area contributed by atoms with E-state index in [-0.39, 0.29) is 12.4 Å². The van der Waals surface area contributed by atoms with Crippen LogP contribution in [0.15, 0.2) is 0 Å². The molecule has 1 unspecified atom stereocenters. The van der Waals surface area contributed by atoms with Gasteiger partial charge in [-0.2, -0.15) is 0 Å². The summed E-state index contributed by atoms with van der Waals surface area (Å²) in [4.78, 5) is 0. The third-order valence-corrected chi connectivity index (χ3v) is 1.82. The molecule has 0 aliphatic carbocycles. The van der Waals surface area contributed by atoms with Crippen LogP contribution in [0.25, 0.3) is 0 Å². The molecule has 62 valence electrons. The van der Waals surface area contributed by atoms with Crippen LogP contribution in [0.4, 0.5) is 0 Å². The predicted molar refractivity (Wildman–Crippen MR) is 44.6 cm³/mol. The van der Waals surface area contributed by atoms with Gasteiger partial charge in [0.1, 0.15) is 0 Å². The minimum absolute atomic E-state index is 0. The summed E-state index contributed by atoms with van der Waals surface area (Å²) in [5, 5.41) is 12.7. The number of hydrogen-bond acceptors (Lipinski definition) is 2. The number of β-amino-alcohol motifs (C(OH)–C–C–N with tert-alkyl or cyclic N) is 1. The van der Waals surface area contributed by atoms with Gasteiger partial charge in [0, 0.05) is 6.54 Å². The van der Waals surface area contributed by atoms with Gasteiger partial charge in [-0.05, 0) is 32.7 Å². The Balaban J connectivity index is 0.000000810. The number of hydrogen-bond donors (Lipinski definition) is 2. The highest BCUT2D eigenvalue weighted by Crippen LogP contribution is 2.14. The lowest BCUT2D eigenvalue weighted by Crippen LogP contribution is -2.35. The van der Waals surface area contributed by atoms with Crippen LogP contribution in [0.5, 0.6) is 0 Å². The molecule has 1 rings (SSSR count). The van der Waals surface area contributed by atoms with Gasteiger partial charge in [0.05, 0.1) is 5.60 Å². The van der Waals surface area contributed by atoms with E-state index in [2.05, 4.69) is 5.32 Å². The van der Waals surface area contributed by atoms with Crippen LogP contribution >= 0.6 is 12.4 Å². The van der Waals surface area contributed by atoms with Crippen molar-refractivity contribution < 1.29 is 5.11 Å². The second-order valence-electron chi connectivity index (χ2n) is 3.13. The SMILES string of the molecule is CC1(O)CCCCNC1.Cl. The molecule has 1 heterocycles. The highest BCUT2D eigenvalue weighted by molar-refractivity contribution is 5.85. The Bertz CT molecular complexity index is 85.6. The Morgan fingerprint density at radius 1 is 1.40 bits per heavy atom. The molecule has 2 nitrogen and oxygen atoms in total. The van der Waals surface area contributed by atoms with Crippen molar-refractivity contribution >= 4 is 12.4 Å². The third-order valence-electron chi connectivity index (χ3n) is 1.82. The molecule has 1 aliphatic heterocycles. The summed E-state index contributed by atoms with van der Waals surface area (Å²) in [5.74, 6) is 0. The van der Waals surface area contributed by atoms with Gasteiger partial charge < -0.3 is 10.4 Å². The molecule has 3 heteroatoms. The van der Waals surface area contributed by atoms with E-state index in [0.29, 0.717) is 0 Å². The molecule has 0 bridgehead atoms. The van der Waals surface area contributed by atoms with Gasteiger partial charge in [-0.3, -0.25) is 0 Å². The van der Waals surface area contributed by atoms with Crippen LogP contribution < -0.4 is 5.32 Å². The van der Waals surface area contributed by atoms with Crippen molar-refractivity contribution in [1.29, 1.82) is 0 Å². The van der Waals surface area contributed by atoms with E-state index < -0.39 is 5.60 Å². The fourth-order valence-corrected chi connectivity index (χ4v) is 1.20. The van der Waals surface area contributed by atoms with Gasteiger partial charge >= 0.3 is 0 Å². The number of aliphatic hydroxyl groups is 1. The first-order valence-corrected chi connectivity index (χ1v) is 3.64. The van der Waals surface area contributed by atoms with Crippen LogP contribution in [0.2, 0.25) is 0 Å². The van der Waals surface area contributed by atoms with Crippen LogP contribution in [0, 0.1) is 0 Å². The fourth-order valence-electron chi connectivity index (χ4n) is 1.20. The van der Waals surface area contributed by atoms with Crippen molar-refractivity contribution in [1.82, 2.24) is 5.32 Å². The summed E-state index contributed by atoms with van der Waals surface area (Å²) in [5.41, 5.74) is -0.448. The monoisotopic (exact) mass is 165 g/mol. The number of nitrogens with one attached hydrogen (secondary N) is 1. The Kier molecular flexibility index (Phi) is 4.25. The summed E-state index contributed by atoms with van der Waals surface area (Å²) in [6.07, 6.45) is 3.30. The van der Waals surface area contributed by atoms with E-state index in [4.69, 9.17) is 0 Å². The smallest absolute Gasteiger partial charge is 0.0743 e. The van der Waals surface area contributed by atoms with E-state index in [0.717, 1.165) is 25.9 Å². The van der Waals surface area contributed by atoms with Gasteiger partial charge in [-0.1, -0.05) is 0 Å². The van der Waals surface area contributed by atoms with Crippen molar-refractivity contribution in [2.75, 3.05) is 13.1 Å². The molecule has 2 N–H and O–H groups in total. The minimum Gasteiger partial charge on any atom is -0.389 e. The number of rotatable bonds is 0. The maximum absolute atomic E-state index is 9.49. The zero-order valence-corrected chi connectivity index (χ0v) is 7.21. The molecule has 0 aromatic carbocycles. The van der Waals surface area contributed by atoms with Crippen LogP contribution in [0.1, 0.15) is 26.2 Å². The lowest BCUT2D eigenvalue weighted by Gasteiger charge is -2.19. The second-order valence-corrected chi connectivity index (χ2v) is 3.13. The molecule has 1 saturated heterocycles. The average molecular weight is 166 g/mol. The summed E-state index contributed by atoms with van der Waals surface area (Å²) in [7, 11) is 0. The Hall–Kier alpha value is 0.210. The van der Waals surface area contributed by atoms with Gasteiger partial charge in [0.15, 0.2) is 0 Å². The molecule has 0 aromatic rings. The fraction of sp³-hybridized carbons (Fsp3) is 1.00. The van der Waals surface area contributed by atoms with E-state index in [9.17, 15) is 5.11 Å². The zero-order valence-electron chi connectivity index (χ0n) is 6.39. The first kappa shape index (κ1) is 10.2. The van der Waals surface area contributed by atoms with Gasteiger partial charge in [0.25, 0.3) is 0 Å². The first-order chi connectivity index (χ1) is 4.21. The van der Waals surface area contributed by atoms with E-state index in [1.165, 1.54) is 6.42 Å². The lowest BCUT2D eigenvalue weighted by atomic mass is 10.0. The molecule has 0 aromatic heterocycles. The summed E-state index contributed by atoms with van der Waals surface area (Å²) >= 11 is 0. The maximum Gasteiger partial charge on any atom is 0.0743 e. The third kappa shape index (κ3) is 3.40. The van der Waals surface area contributed by atoms with Crippen LogP contribution in [0.3, 0.4) is 0 Å². The predicted octanol–water partition coefficient (Wildman–Crippen LogP) is 0.933. The summed E-state index contributed by atoms with van der Waals surface area (Å²) < 4.78 is 0. The van der Waals surface area contributed by atoms with Gasteiger partial charge in [-0.15, -0.1) is 12.4 Å². The lowest BCUT2D eigenvalue weighted by molar-refractivity contribution is 0.0560. The van der Waals surface area contributed by atoms with Crippen molar-refractivity contribution in [3.05, 3.63) is 0 Å². The molecule has 0 saturated carbocycles. The summed E-state index contributed by atoms with van der Waals surface area (Å²) in [6, 6.07) is 0. The molecule has 0 radical (unpaired) electrons. The van der Waals surface area contributed by atoms with Gasteiger partial charge in [0.2, 0.25) is 0 Å². The van der Waals surface area contributed by atoms with E-state index in [1.54, 1.807) is 0 Å². The molecule has 0 spiro atoms. The Morgan fingerprint density at radius 3 is 2.80 bits per heavy atom. The zero-order chi connectivity index (χ0) is 6.74. The molecule has 1 fully saturated rings. The number of halogens is 1. The standard InChI is InChI=1S/C7H15NO.ClH/c1-7(9)4-2-3-5-8-6-7;/h8-9H,2-6H2,1H3;1H. The average Bonchev–Trinajstić information content (AvgIpc) is 1.92. The van der Waals surface area contributed by atoms with Gasteiger partial charge in [-0.25, -0.2) is 0 Å². The summed E-state index contributed by atoms with van der Waals surface area (Å²) in [6.45, 7) is 3.72. The molecule has 0 amide bonds. The molecule has 10 heavy (non-hydrogen) atoms. The molecular formula is C7H16ClNO. The maximum atomic E-state index is 9.49. The van der Waals surface area contributed by atoms with Crippen molar-refractivity contribution in [2.24, 2.45) is 0 Å². The quantitative estimate of drug-likeness (QED) is 0.560. The largest absolute Gasteiger partial charge is 0.389 e. The minimum atomic E-state index is -0.448. The van der Waals surface area contributed by atoms with Crippen molar-refractivity contribution in [3.63, 3.8) is 0 Å². The first-order valence-electron chi connectivity index (χ1n) is 3.64. The Morgan fingerprint density at radius 2 is 2.10 bits per heavy atom. The normalized spacial score (nSPS) is 34.2. The van der Waals surface area contributed by atoms with Crippen molar-refractivity contribution in [3.8, 4) is 0 Å². The second kappa shape index (κ2) is 4.16. The van der Waals surface area contributed by atoms with E-state index in [1.807, 2.05) is 6.92 Å².